The first-order valence-electron chi connectivity index (χ1n) is 7.71. The highest BCUT2D eigenvalue weighted by atomic mass is 15.2. The van der Waals surface area contributed by atoms with E-state index in [0.717, 1.165) is 12.3 Å². The third-order valence-corrected chi connectivity index (χ3v) is 5.04. The third kappa shape index (κ3) is 1.97. The molecular formula is C17H23N3. The maximum absolute atomic E-state index is 3.69. The molecule has 0 atom stereocenters. The lowest BCUT2D eigenvalue weighted by molar-refractivity contribution is 0.190. The van der Waals surface area contributed by atoms with Crippen molar-refractivity contribution >= 4 is 10.9 Å². The van der Waals surface area contributed by atoms with Crippen LogP contribution in [0.25, 0.3) is 10.9 Å². The van der Waals surface area contributed by atoms with E-state index in [0.29, 0.717) is 0 Å². The highest BCUT2D eigenvalue weighted by molar-refractivity contribution is 5.85. The molecule has 1 aromatic carbocycles. The fourth-order valence-electron chi connectivity index (χ4n) is 3.71. The van der Waals surface area contributed by atoms with E-state index in [1.807, 2.05) is 0 Å². The number of likely N-dealkylation sites (N-methyl/N-ethyl adjacent to an activating group) is 2. The van der Waals surface area contributed by atoms with Gasteiger partial charge in [-0.3, -0.25) is 0 Å². The number of likely N-dealkylation sites (tertiary alicyclic amines) is 1. The molecule has 20 heavy (non-hydrogen) atoms. The van der Waals surface area contributed by atoms with Gasteiger partial charge in [0, 0.05) is 55.1 Å². The number of hydrogen-bond acceptors (Lipinski definition) is 2. The Bertz CT molecular complexity index is 637. The van der Waals surface area contributed by atoms with E-state index in [9.17, 15) is 0 Å². The Balaban J connectivity index is 1.71. The third-order valence-electron chi connectivity index (χ3n) is 5.04. The molecule has 0 unspecified atom stereocenters. The van der Waals surface area contributed by atoms with Crippen LogP contribution in [-0.2, 0) is 12.8 Å². The van der Waals surface area contributed by atoms with E-state index in [1.54, 1.807) is 5.56 Å². The van der Waals surface area contributed by atoms with Gasteiger partial charge in [-0.25, -0.2) is 0 Å². The lowest BCUT2D eigenvalue weighted by atomic mass is 9.91. The second-order valence-corrected chi connectivity index (χ2v) is 6.61. The summed E-state index contributed by atoms with van der Waals surface area (Å²) in [5.41, 5.74) is 5.88. The Morgan fingerprint density at radius 2 is 1.85 bits per heavy atom. The van der Waals surface area contributed by atoms with E-state index in [2.05, 4.69) is 47.1 Å². The monoisotopic (exact) mass is 269 g/mol. The molecule has 4 rings (SSSR count). The number of benzene rings is 1. The fraction of sp³-hybridized carbons (Fsp3) is 0.529. The quantitative estimate of drug-likeness (QED) is 0.857. The van der Waals surface area contributed by atoms with Crippen LogP contribution in [0.4, 0.5) is 0 Å². The number of nitrogens with one attached hydrogen (secondary N) is 1. The van der Waals surface area contributed by atoms with Gasteiger partial charge in [-0.1, -0.05) is 12.1 Å². The first-order chi connectivity index (χ1) is 9.70. The predicted octanol–water partition coefficient (Wildman–Crippen LogP) is 2.23. The van der Waals surface area contributed by atoms with E-state index >= 15 is 0 Å². The zero-order valence-electron chi connectivity index (χ0n) is 12.4. The van der Waals surface area contributed by atoms with E-state index < -0.39 is 0 Å². The smallest absolute Gasteiger partial charge is 0.0461 e. The van der Waals surface area contributed by atoms with E-state index in [1.165, 1.54) is 54.8 Å². The van der Waals surface area contributed by atoms with Crippen molar-refractivity contribution in [2.45, 2.75) is 18.8 Å². The Morgan fingerprint density at radius 1 is 1.05 bits per heavy atom. The summed E-state index contributed by atoms with van der Waals surface area (Å²) in [6.07, 6.45) is 2.33. The zero-order valence-corrected chi connectivity index (χ0v) is 12.4. The van der Waals surface area contributed by atoms with Crippen molar-refractivity contribution in [2.24, 2.45) is 0 Å². The second kappa shape index (κ2) is 4.61. The molecule has 1 saturated heterocycles. The summed E-state index contributed by atoms with van der Waals surface area (Å²) < 4.78 is 0. The summed E-state index contributed by atoms with van der Waals surface area (Å²) in [7, 11) is 4.42. The topological polar surface area (TPSA) is 22.3 Å². The van der Waals surface area contributed by atoms with Crippen LogP contribution >= 0.6 is 0 Å². The van der Waals surface area contributed by atoms with Crippen LogP contribution in [0, 0.1) is 0 Å². The summed E-state index contributed by atoms with van der Waals surface area (Å²) in [5, 5.41) is 1.45. The SMILES string of the molecule is CN1CCc2[nH]c3cc(C4CN(C)C4)ccc3c2CC1. The lowest BCUT2D eigenvalue weighted by Gasteiger charge is -2.36. The van der Waals surface area contributed by atoms with Gasteiger partial charge in [0.05, 0.1) is 0 Å². The second-order valence-electron chi connectivity index (χ2n) is 6.61. The molecule has 1 aromatic heterocycles. The van der Waals surface area contributed by atoms with Crippen LogP contribution < -0.4 is 0 Å². The minimum Gasteiger partial charge on any atom is -0.358 e. The fourth-order valence-corrected chi connectivity index (χ4v) is 3.71. The van der Waals surface area contributed by atoms with Gasteiger partial charge < -0.3 is 14.8 Å². The van der Waals surface area contributed by atoms with Crippen molar-refractivity contribution in [3.8, 4) is 0 Å². The molecule has 1 N–H and O–H groups in total. The molecular weight excluding hydrogens is 246 g/mol. The Morgan fingerprint density at radius 3 is 2.65 bits per heavy atom. The summed E-state index contributed by atoms with van der Waals surface area (Å²) >= 11 is 0. The van der Waals surface area contributed by atoms with Crippen LogP contribution in [-0.4, -0.2) is 55.1 Å². The minimum atomic E-state index is 0.735. The summed E-state index contributed by atoms with van der Waals surface area (Å²) in [4.78, 5) is 8.50. The Labute approximate surface area is 120 Å². The molecule has 0 amide bonds. The largest absolute Gasteiger partial charge is 0.358 e. The van der Waals surface area contributed by atoms with Crippen LogP contribution in [0.3, 0.4) is 0 Å². The molecule has 0 radical (unpaired) electrons. The standard InChI is InChI=1S/C17H23N3/c1-19-7-5-15-14-4-3-12(13-10-20(2)11-13)9-17(14)18-16(15)6-8-19/h3-4,9,13,18H,5-8,10-11H2,1-2H3. The number of hydrogen-bond donors (Lipinski definition) is 1. The van der Waals surface area contributed by atoms with Gasteiger partial charge in [-0.2, -0.15) is 0 Å². The summed E-state index contributed by atoms with van der Waals surface area (Å²) in [5.74, 6) is 0.735. The number of nitrogens with zero attached hydrogens (tertiary/aromatic N) is 2. The van der Waals surface area contributed by atoms with E-state index in [-0.39, 0.29) is 0 Å². The molecule has 1 fully saturated rings. The highest BCUT2D eigenvalue weighted by Crippen LogP contribution is 2.31. The van der Waals surface area contributed by atoms with Crippen LogP contribution in [0.5, 0.6) is 0 Å². The Kier molecular flexibility index (Phi) is 2.86. The lowest BCUT2D eigenvalue weighted by Crippen LogP contribution is -2.41. The first kappa shape index (κ1) is 12.4. The molecule has 0 bridgehead atoms. The molecule has 3 heterocycles. The summed E-state index contributed by atoms with van der Waals surface area (Å²) in [6.45, 7) is 4.75. The predicted molar refractivity (Wildman–Crippen MR) is 83.4 cm³/mol. The van der Waals surface area contributed by atoms with Crippen LogP contribution in [0.15, 0.2) is 18.2 Å². The van der Waals surface area contributed by atoms with Crippen LogP contribution in [0.1, 0.15) is 22.7 Å². The Hall–Kier alpha value is -1.32. The van der Waals surface area contributed by atoms with Gasteiger partial charge in [-0.05, 0) is 37.7 Å². The maximum atomic E-state index is 3.69. The first-order valence-corrected chi connectivity index (χ1v) is 7.71. The molecule has 3 heteroatoms. The van der Waals surface area contributed by atoms with Crippen molar-refractivity contribution in [1.82, 2.24) is 14.8 Å². The highest BCUT2D eigenvalue weighted by Gasteiger charge is 2.25. The number of H-pyrrole nitrogens is 1. The molecule has 2 aromatic rings. The number of aromatic nitrogens is 1. The average Bonchev–Trinajstić information content (AvgIpc) is 2.65. The van der Waals surface area contributed by atoms with Crippen molar-refractivity contribution < 1.29 is 0 Å². The normalized spacial score (nSPS) is 21.7. The average molecular weight is 269 g/mol. The van der Waals surface area contributed by atoms with Gasteiger partial charge >= 0.3 is 0 Å². The van der Waals surface area contributed by atoms with Gasteiger partial charge in [-0.15, -0.1) is 0 Å². The molecule has 0 aliphatic carbocycles. The maximum Gasteiger partial charge on any atom is 0.0461 e. The molecule has 0 saturated carbocycles. The van der Waals surface area contributed by atoms with Gasteiger partial charge in [0.2, 0.25) is 0 Å². The van der Waals surface area contributed by atoms with Crippen molar-refractivity contribution in [3.05, 3.63) is 35.0 Å². The van der Waals surface area contributed by atoms with Crippen molar-refractivity contribution in [2.75, 3.05) is 40.3 Å². The molecule has 3 nitrogen and oxygen atoms in total. The number of rotatable bonds is 1. The van der Waals surface area contributed by atoms with Crippen LogP contribution in [0.2, 0.25) is 0 Å². The number of aromatic amines is 1. The summed E-state index contributed by atoms with van der Waals surface area (Å²) in [6, 6.07) is 7.09. The van der Waals surface area contributed by atoms with Crippen molar-refractivity contribution in [3.63, 3.8) is 0 Å². The van der Waals surface area contributed by atoms with Gasteiger partial charge in [0.15, 0.2) is 0 Å². The molecule has 2 aliphatic heterocycles. The van der Waals surface area contributed by atoms with Crippen molar-refractivity contribution in [1.29, 1.82) is 0 Å². The van der Waals surface area contributed by atoms with E-state index in [4.69, 9.17) is 0 Å². The number of fused-ring (bicyclic) bond motifs is 3. The molecule has 106 valence electrons. The molecule has 0 spiro atoms. The minimum absolute atomic E-state index is 0.735. The molecule has 2 aliphatic rings. The zero-order chi connectivity index (χ0) is 13.7. The van der Waals surface area contributed by atoms with Gasteiger partial charge in [0.25, 0.3) is 0 Å². The van der Waals surface area contributed by atoms with Gasteiger partial charge in [0.1, 0.15) is 0 Å².